The van der Waals surface area contributed by atoms with Crippen molar-refractivity contribution in [2.45, 2.75) is 38.8 Å². The summed E-state index contributed by atoms with van der Waals surface area (Å²) in [5.74, 6) is -1.23. The van der Waals surface area contributed by atoms with Gasteiger partial charge in [-0.15, -0.1) is 0 Å². The third-order valence-corrected chi connectivity index (χ3v) is 4.58. The number of nitrogens with zero attached hydrogens (tertiary/aromatic N) is 3. The Balaban J connectivity index is 2.07. The highest BCUT2D eigenvalue weighted by molar-refractivity contribution is 5.85. The largest absolute Gasteiger partial charge is 0.479 e. The molecular weight excluding hydrogens is 294 g/mol. The summed E-state index contributed by atoms with van der Waals surface area (Å²) < 4.78 is 0. The Morgan fingerprint density at radius 3 is 2.48 bits per heavy atom. The lowest BCUT2D eigenvalue weighted by Gasteiger charge is -2.36. The first-order valence-corrected chi connectivity index (χ1v) is 8.05. The van der Waals surface area contributed by atoms with Gasteiger partial charge in [0, 0.05) is 37.0 Å². The Morgan fingerprint density at radius 2 is 2.00 bits per heavy atom. The summed E-state index contributed by atoms with van der Waals surface area (Å²) in [6.45, 7) is 6.06. The number of pyridine rings is 1. The zero-order valence-electron chi connectivity index (χ0n) is 14.0. The molecule has 0 aromatic carbocycles. The number of carbonyl (C=O) groups excluding carboxylic acids is 1. The van der Waals surface area contributed by atoms with Crippen LogP contribution in [-0.2, 0) is 9.59 Å². The fraction of sp³-hybridized carbons (Fsp3) is 0.588. The number of rotatable bonds is 5. The van der Waals surface area contributed by atoms with Gasteiger partial charge >= 0.3 is 5.97 Å². The number of likely N-dealkylation sites (tertiary alicyclic amines) is 1. The van der Waals surface area contributed by atoms with Gasteiger partial charge in [-0.1, -0.05) is 6.07 Å². The standard InChI is InChI=1S/C17H25N3O3/c1-12(2)20-9-6-13(7-10-20)16(21)19(3)15(17(22)23)14-5-4-8-18-11-14/h4-5,8,11-13,15H,6-7,9-10H2,1-3H3,(H,22,23)/t15-/m1/s1. The number of hydrogen-bond acceptors (Lipinski definition) is 4. The second kappa shape index (κ2) is 7.55. The van der Waals surface area contributed by atoms with Crippen LogP contribution in [-0.4, -0.2) is 57.9 Å². The number of carbonyl (C=O) groups is 2. The second-order valence-electron chi connectivity index (χ2n) is 6.38. The molecule has 126 valence electrons. The van der Waals surface area contributed by atoms with Crippen molar-refractivity contribution >= 4 is 11.9 Å². The highest BCUT2D eigenvalue weighted by atomic mass is 16.4. The molecule has 1 aromatic rings. The van der Waals surface area contributed by atoms with Crippen molar-refractivity contribution in [1.82, 2.24) is 14.8 Å². The van der Waals surface area contributed by atoms with E-state index in [1.807, 2.05) is 0 Å². The Hall–Kier alpha value is -1.95. The average Bonchev–Trinajstić information content (AvgIpc) is 2.55. The van der Waals surface area contributed by atoms with E-state index in [0.29, 0.717) is 11.6 Å². The van der Waals surface area contributed by atoms with Crippen LogP contribution in [0.2, 0.25) is 0 Å². The number of carboxylic acid groups (broad SMARTS) is 1. The molecule has 1 aliphatic heterocycles. The van der Waals surface area contributed by atoms with Gasteiger partial charge in [0.15, 0.2) is 6.04 Å². The van der Waals surface area contributed by atoms with Gasteiger partial charge in [0.1, 0.15) is 0 Å². The number of aliphatic carboxylic acids is 1. The predicted octanol–water partition coefficient (Wildman–Crippen LogP) is 1.79. The highest BCUT2D eigenvalue weighted by Crippen LogP contribution is 2.26. The van der Waals surface area contributed by atoms with Gasteiger partial charge in [-0.3, -0.25) is 9.78 Å². The topological polar surface area (TPSA) is 73.7 Å². The van der Waals surface area contributed by atoms with Gasteiger partial charge in [0.05, 0.1) is 0 Å². The lowest BCUT2D eigenvalue weighted by atomic mass is 9.93. The van der Waals surface area contributed by atoms with Gasteiger partial charge in [-0.25, -0.2) is 4.79 Å². The first-order chi connectivity index (χ1) is 10.9. The van der Waals surface area contributed by atoms with Gasteiger partial charge in [-0.2, -0.15) is 0 Å². The molecule has 0 saturated carbocycles. The maximum atomic E-state index is 12.7. The van der Waals surface area contributed by atoms with Crippen LogP contribution in [0.4, 0.5) is 0 Å². The first-order valence-electron chi connectivity index (χ1n) is 8.05. The molecule has 2 heterocycles. The Labute approximate surface area is 137 Å². The quantitative estimate of drug-likeness (QED) is 0.895. The molecule has 1 fully saturated rings. The van der Waals surface area contributed by atoms with Crippen LogP contribution in [0.25, 0.3) is 0 Å². The fourth-order valence-electron chi connectivity index (χ4n) is 3.15. The Bertz CT molecular complexity index is 539. The van der Waals surface area contributed by atoms with Crippen molar-refractivity contribution in [2.24, 2.45) is 5.92 Å². The van der Waals surface area contributed by atoms with E-state index in [9.17, 15) is 14.7 Å². The molecule has 2 rings (SSSR count). The van der Waals surface area contributed by atoms with Crippen LogP contribution in [0, 0.1) is 5.92 Å². The molecule has 1 amide bonds. The van der Waals surface area contributed by atoms with Gasteiger partial charge < -0.3 is 14.9 Å². The van der Waals surface area contributed by atoms with Crippen LogP contribution in [0.5, 0.6) is 0 Å². The van der Waals surface area contributed by atoms with Crippen LogP contribution in [0.3, 0.4) is 0 Å². The van der Waals surface area contributed by atoms with E-state index < -0.39 is 12.0 Å². The number of aromatic nitrogens is 1. The maximum Gasteiger partial charge on any atom is 0.331 e. The SMILES string of the molecule is CC(C)N1CCC(C(=O)N(C)[C@@H](C(=O)O)c2cccnc2)CC1. The number of hydrogen-bond donors (Lipinski definition) is 1. The second-order valence-corrected chi connectivity index (χ2v) is 6.38. The molecule has 23 heavy (non-hydrogen) atoms. The molecule has 0 aliphatic carbocycles. The van der Waals surface area contributed by atoms with Crippen LogP contribution in [0.15, 0.2) is 24.5 Å². The third kappa shape index (κ3) is 4.07. The predicted molar refractivity (Wildman–Crippen MR) is 86.8 cm³/mol. The zero-order valence-corrected chi connectivity index (χ0v) is 14.0. The zero-order chi connectivity index (χ0) is 17.0. The molecule has 0 bridgehead atoms. The van der Waals surface area contributed by atoms with Crippen molar-refractivity contribution in [2.75, 3.05) is 20.1 Å². The van der Waals surface area contributed by atoms with E-state index in [0.717, 1.165) is 25.9 Å². The third-order valence-electron chi connectivity index (χ3n) is 4.58. The maximum absolute atomic E-state index is 12.7. The van der Waals surface area contributed by atoms with E-state index in [2.05, 4.69) is 23.7 Å². The number of amides is 1. The van der Waals surface area contributed by atoms with Crippen LogP contribution >= 0.6 is 0 Å². The summed E-state index contributed by atoms with van der Waals surface area (Å²) in [6, 6.07) is 2.87. The first kappa shape index (κ1) is 17.4. The van der Waals surface area contributed by atoms with Crippen molar-refractivity contribution in [3.63, 3.8) is 0 Å². The summed E-state index contributed by atoms with van der Waals surface area (Å²) in [4.78, 5) is 32.0. The summed E-state index contributed by atoms with van der Waals surface area (Å²) in [5, 5.41) is 9.53. The lowest BCUT2D eigenvalue weighted by molar-refractivity contribution is -0.151. The minimum atomic E-state index is -1.03. The number of likely N-dealkylation sites (N-methyl/N-ethyl adjacent to an activating group) is 1. The van der Waals surface area contributed by atoms with E-state index in [-0.39, 0.29) is 11.8 Å². The van der Waals surface area contributed by atoms with Crippen molar-refractivity contribution in [1.29, 1.82) is 0 Å². The lowest BCUT2D eigenvalue weighted by Crippen LogP contribution is -2.45. The fourth-order valence-corrected chi connectivity index (χ4v) is 3.15. The number of piperidine rings is 1. The molecule has 0 spiro atoms. The van der Waals surface area contributed by atoms with Crippen molar-refractivity contribution in [3.05, 3.63) is 30.1 Å². The van der Waals surface area contributed by atoms with E-state index in [1.165, 1.54) is 11.1 Å². The summed E-state index contributed by atoms with van der Waals surface area (Å²) in [6.07, 6.45) is 4.65. The molecule has 0 unspecified atom stereocenters. The van der Waals surface area contributed by atoms with Crippen LogP contribution < -0.4 is 0 Å². The van der Waals surface area contributed by atoms with E-state index >= 15 is 0 Å². The molecule has 1 atom stereocenters. The molecule has 6 heteroatoms. The highest BCUT2D eigenvalue weighted by Gasteiger charge is 2.34. The molecule has 0 radical (unpaired) electrons. The minimum absolute atomic E-state index is 0.0929. The van der Waals surface area contributed by atoms with E-state index in [1.54, 1.807) is 25.4 Å². The molecular formula is C17H25N3O3. The van der Waals surface area contributed by atoms with E-state index in [4.69, 9.17) is 0 Å². The molecule has 1 N–H and O–H groups in total. The summed E-state index contributed by atoms with van der Waals surface area (Å²) >= 11 is 0. The van der Waals surface area contributed by atoms with Gasteiger partial charge in [0.2, 0.25) is 5.91 Å². The molecule has 1 saturated heterocycles. The Morgan fingerprint density at radius 1 is 1.35 bits per heavy atom. The molecule has 1 aliphatic rings. The van der Waals surface area contributed by atoms with Gasteiger partial charge in [0.25, 0.3) is 0 Å². The smallest absolute Gasteiger partial charge is 0.331 e. The van der Waals surface area contributed by atoms with Crippen LogP contribution in [0.1, 0.15) is 38.3 Å². The Kier molecular flexibility index (Phi) is 5.71. The van der Waals surface area contributed by atoms with Crippen molar-refractivity contribution in [3.8, 4) is 0 Å². The van der Waals surface area contributed by atoms with Gasteiger partial charge in [-0.05, 0) is 45.8 Å². The van der Waals surface area contributed by atoms with Crippen molar-refractivity contribution < 1.29 is 14.7 Å². The normalized spacial score (nSPS) is 17.9. The summed E-state index contributed by atoms with van der Waals surface area (Å²) in [7, 11) is 1.57. The minimum Gasteiger partial charge on any atom is -0.479 e. The number of carboxylic acids is 1. The molecule has 6 nitrogen and oxygen atoms in total. The monoisotopic (exact) mass is 319 g/mol. The summed E-state index contributed by atoms with van der Waals surface area (Å²) in [5.41, 5.74) is 0.524. The molecule has 1 aromatic heterocycles. The average molecular weight is 319 g/mol.